The van der Waals surface area contributed by atoms with Crippen molar-refractivity contribution < 1.29 is 4.74 Å². The van der Waals surface area contributed by atoms with Gasteiger partial charge in [0.2, 0.25) is 0 Å². The van der Waals surface area contributed by atoms with E-state index in [9.17, 15) is 0 Å². The Morgan fingerprint density at radius 1 is 1.06 bits per heavy atom. The average Bonchev–Trinajstić information content (AvgIpc) is 2.28. The molecule has 0 spiro atoms. The van der Waals surface area contributed by atoms with Gasteiger partial charge in [0.15, 0.2) is 0 Å². The van der Waals surface area contributed by atoms with E-state index in [0.29, 0.717) is 6.61 Å². The Labute approximate surface area is 95.7 Å². The van der Waals surface area contributed by atoms with Crippen LogP contribution in [0.4, 0.5) is 0 Å². The molecule has 0 saturated heterocycles. The largest absolute Gasteiger partial charge is 0.488 e. The highest BCUT2D eigenvalue weighted by Crippen LogP contribution is 2.40. The fraction of sp³-hybridized carbons (Fsp3) is 0.200. The normalized spacial score (nSPS) is 12.6. The zero-order chi connectivity index (χ0) is 11.1. The van der Waals surface area contributed by atoms with Crippen LogP contribution in [0, 0.1) is 13.8 Å². The second-order valence-corrected chi connectivity index (χ2v) is 4.40. The van der Waals surface area contributed by atoms with Crippen molar-refractivity contribution in [1.82, 2.24) is 0 Å². The van der Waals surface area contributed by atoms with Gasteiger partial charge in [0, 0.05) is 5.56 Å². The molecule has 0 atom stereocenters. The Morgan fingerprint density at radius 3 is 2.75 bits per heavy atom. The second kappa shape index (κ2) is 3.38. The molecule has 0 aromatic heterocycles. The molecule has 0 radical (unpaired) electrons. The molecule has 0 amide bonds. The van der Waals surface area contributed by atoms with Gasteiger partial charge in [-0.05, 0) is 42.2 Å². The van der Waals surface area contributed by atoms with Crippen LogP contribution < -0.4 is 4.74 Å². The second-order valence-electron chi connectivity index (χ2n) is 4.40. The Kier molecular flexibility index (Phi) is 2.00. The third kappa shape index (κ3) is 1.32. The predicted molar refractivity (Wildman–Crippen MR) is 65.7 cm³/mol. The predicted octanol–water partition coefficient (Wildman–Crippen LogP) is 3.86. The molecule has 1 aliphatic heterocycles. The maximum atomic E-state index is 5.81. The zero-order valence-electron chi connectivity index (χ0n) is 9.58. The van der Waals surface area contributed by atoms with Gasteiger partial charge in [0.05, 0.1) is 0 Å². The van der Waals surface area contributed by atoms with Crippen molar-refractivity contribution in [1.29, 1.82) is 0 Å². The average molecular weight is 210 g/mol. The first-order valence-electron chi connectivity index (χ1n) is 5.58. The van der Waals surface area contributed by atoms with Gasteiger partial charge in [0.1, 0.15) is 12.4 Å². The third-order valence-electron chi connectivity index (χ3n) is 3.11. The summed E-state index contributed by atoms with van der Waals surface area (Å²) >= 11 is 0. The molecule has 1 heterocycles. The van der Waals surface area contributed by atoms with Crippen LogP contribution in [-0.2, 0) is 6.61 Å². The Balaban J connectivity index is 2.32. The lowest BCUT2D eigenvalue weighted by Crippen LogP contribution is -2.06. The maximum Gasteiger partial charge on any atom is 0.128 e. The topological polar surface area (TPSA) is 9.23 Å². The van der Waals surface area contributed by atoms with Crippen molar-refractivity contribution >= 4 is 0 Å². The van der Waals surface area contributed by atoms with Gasteiger partial charge in [0.25, 0.3) is 0 Å². The number of fused-ring (bicyclic) bond motifs is 3. The summed E-state index contributed by atoms with van der Waals surface area (Å²) in [5.74, 6) is 1.02. The van der Waals surface area contributed by atoms with Crippen molar-refractivity contribution in [3.63, 3.8) is 0 Å². The molecule has 16 heavy (non-hydrogen) atoms. The van der Waals surface area contributed by atoms with Gasteiger partial charge in [-0.15, -0.1) is 0 Å². The lowest BCUT2D eigenvalue weighted by Gasteiger charge is -2.22. The number of rotatable bonds is 0. The summed E-state index contributed by atoms with van der Waals surface area (Å²) < 4.78 is 5.81. The smallest absolute Gasteiger partial charge is 0.128 e. The van der Waals surface area contributed by atoms with Gasteiger partial charge in [-0.1, -0.05) is 30.3 Å². The van der Waals surface area contributed by atoms with Crippen LogP contribution >= 0.6 is 0 Å². The maximum absolute atomic E-state index is 5.81. The molecule has 0 saturated carbocycles. The minimum Gasteiger partial charge on any atom is -0.488 e. The highest BCUT2D eigenvalue weighted by Gasteiger charge is 2.18. The van der Waals surface area contributed by atoms with Crippen LogP contribution in [0.2, 0.25) is 0 Å². The van der Waals surface area contributed by atoms with Crippen molar-refractivity contribution in [2.45, 2.75) is 20.5 Å². The fourth-order valence-electron chi connectivity index (χ4n) is 2.43. The zero-order valence-corrected chi connectivity index (χ0v) is 9.58. The van der Waals surface area contributed by atoms with E-state index >= 15 is 0 Å². The van der Waals surface area contributed by atoms with Crippen molar-refractivity contribution in [2.24, 2.45) is 0 Å². The number of benzene rings is 2. The molecule has 0 unspecified atom stereocenters. The molecule has 3 rings (SSSR count). The SMILES string of the molecule is Cc1cc(C)c2c(c1)OCc1ccccc1-2. The van der Waals surface area contributed by atoms with Gasteiger partial charge >= 0.3 is 0 Å². The molecule has 80 valence electrons. The van der Waals surface area contributed by atoms with E-state index in [1.807, 2.05) is 0 Å². The molecule has 0 bridgehead atoms. The Hall–Kier alpha value is -1.76. The molecule has 0 aliphatic carbocycles. The molecule has 1 nitrogen and oxygen atoms in total. The molecule has 1 heteroatoms. The van der Waals surface area contributed by atoms with E-state index < -0.39 is 0 Å². The van der Waals surface area contributed by atoms with Crippen LogP contribution in [0.25, 0.3) is 11.1 Å². The monoisotopic (exact) mass is 210 g/mol. The first-order chi connectivity index (χ1) is 7.75. The molecule has 2 aromatic carbocycles. The quantitative estimate of drug-likeness (QED) is 0.641. The lowest BCUT2D eigenvalue weighted by atomic mass is 9.92. The number of hydrogen-bond donors (Lipinski definition) is 0. The summed E-state index contributed by atoms with van der Waals surface area (Å²) in [6.07, 6.45) is 0. The van der Waals surface area contributed by atoms with Gasteiger partial charge < -0.3 is 4.74 Å². The molecule has 1 aliphatic rings. The fourth-order valence-corrected chi connectivity index (χ4v) is 2.43. The summed E-state index contributed by atoms with van der Waals surface area (Å²) in [4.78, 5) is 0. The summed E-state index contributed by atoms with van der Waals surface area (Å²) in [5.41, 5.74) is 6.41. The molecule has 0 N–H and O–H groups in total. The van der Waals surface area contributed by atoms with Gasteiger partial charge in [-0.3, -0.25) is 0 Å². The van der Waals surface area contributed by atoms with Crippen LogP contribution in [0.5, 0.6) is 5.75 Å². The molecular formula is C15H14O. The molecule has 0 fully saturated rings. The summed E-state index contributed by atoms with van der Waals surface area (Å²) in [6.45, 7) is 4.94. The highest BCUT2D eigenvalue weighted by atomic mass is 16.5. The molecule has 2 aromatic rings. The van der Waals surface area contributed by atoms with E-state index in [4.69, 9.17) is 4.74 Å². The van der Waals surface area contributed by atoms with Crippen molar-refractivity contribution in [3.05, 3.63) is 53.1 Å². The summed E-state index contributed by atoms with van der Waals surface area (Å²) in [6, 6.07) is 12.8. The van der Waals surface area contributed by atoms with Crippen molar-refractivity contribution in [3.8, 4) is 16.9 Å². The minimum absolute atomic E-state index is 0.687. The van der Waals surface area contributed by atoms with Gasteiger partial charge in [-0.2, -0.15) is 0 Å². The van der Waals surface area contributed by atoms with E-state index in [1.54, 1.807) is 0 Å². The standard InChI is InChI=1S/C15H14O/c1-10-7-11(2)15-13-6-4-3-5-12(13)9-16-14(15)8-10/h3-8H,9H2,1-2H3. The summed E-state index contributed by atoms with van der Waals surface area (Å²) in [7, 11) is 0. The van der Waals surface area contributed by atoms with Crippen LogP contribution in [-0.4, -0.2) is 0 Å². The van der Waals surface area contributed by atoms with E-state index in [0.717, 1.165) is 5.75 Å². The van der Waals surface area contributed by atoms with Crippen LogP contribution in [0.15, 0.2) is 36.4 Å². The lowest BCUT2D eigenvalue weighted by molar-refractivity contribution is 0.302. The third-order valence-corrected chi connectivity index (χ3v) is 3.11. The van der Waals surface area contributed by atoms with Crippen LogP contribution in [0.1, 0.15) is 16.7 Å². The minimum atomic E-state index is 0.687. The Bertz CT molecular complexity index is 555. The number of aryl methyl sites for hydroxylation is 2. The highest BCUT2D eigenvalue weighted by molar-refractivity contribution is 5.78. The van der Waals surface area contributed by atoms with E-state index in [2.05, 4.69) is 50.2 Å². The molecular weight excluding hydrogens is 196 g/mol. The summed E-state index contributed by atoms with van der Waals surface area (Å²) in [5, 5.41) is 0. The number of ether oxygens (including phenoxy) is 1. The first kappa shape index (κ1) is 9.46. The van der Waals surface area contributed by atoms with Gasteiger partial charge in [-0.25, -0.2) is 0 Å². The van der Waals surface area contributed by atoms with E-state index in [-0.39, 0.29) is 0 Å². The van der Waals surface area contributed by atoms with E-state index in [1.165, 1.54) is 27.8 Å². The van der Waals surface area contributed by atoms with Crippen LogP contribution in [0.3, 0.4) is 0 Å². The number of hydrogen-bond acceptors (Lipinski definition) is 1. The Morgan fingerprint density at radius 2 is 1.88 bits per heavy atom. The first-order valence-corrected chi connectivity index (χ1v) is 5.58. The van der Waals surface area contributed by atoms with Crippen molar-refractivity contribution in [2.75, 3.05) is 0 Å².